The highest BCUT2D eigenvalue weighted by Crippen LogP contribution is 2.14. The topological polar surface area (TPSA) is 52.3 Å². The van der Waals surface area contributed by atoms with E-state index < -0.39 is 0 Å². The van der Waals surface area contributed by atoms with Gasteiger partial charge in [0.05, 0.1) is 12.7 Å². The molecule has 0 fully saturated rings. The fourth-order valence-electron chi connectivity index (χ4n) is 1.57. The van der Waals surface area contributed by atoms with E-state index in [1.165, 1.54) is 12.7 Å². The van der Waals surface area contributed by atoms with E-state index in [4.69, 9.17) is 5.73 Å². The lowest BCUT2D eigenvalue weighted by Gasteiger charge is -2.08. The standard InChI is InChI=1S/C12H17NO2/c1-3-4-9-5-6-11(12(14)15-2)10(7-9)8-13/h5-7H,3-4,8,13H2,1-2H3. The van der Waals surface area contributed by atoms with Crippen molar-refractivity contribution in [3.8, 4) is 0 Å². The van der Waals surface area contributed by atoms with Crippen LogP contribution in [0.1, 0.15) is 34.8 Å². The average molecular weight is 207 g/mol. The third kappa shape index (κ3) is 2.80. The third-order valence-electron chi connectivity index (χ3n) is 2.33. The number of hydrogen-bond donors (Lipinski definition) is 1. The molecule has 3 heteroatoms. The van der Waals surface area contributed by atoms with Crippen molar-refractivity contribution in [1.29, 1.82) is 0 Å². The molecule has 1 aromatic carbocycles. The van der Waals surface area contributed by atoms with Gasteiger partial charge in [0.15, 0.2) is 0 Å². The highest BCUT2D eigenvalue weighted by Gasteiger charge is 2.10. The van der Waals surface area contributed by atoms with E-state index in [1.54, 1.807) is 6.07 Å². The van der Waals surface area contributed by atoms with E-state index in [0.29, 0.717) is 12.1 Å². The smallest absolute Gasteiger partial charge is 0.338 e. The number of nitrogens with two attached hydrogens (primary N) is 1. The van der Waals surface area contributed by atoms with Crippen molar-refractivity contribution in [3.63, 3.8) is 0 Å². The van der Waals surface area contributed by atoms with Gasteiger partial charge in [-0.15, -0.1) is 0 Å². The number of aryl methyl sites for hydroxylation is 1. The number of methoxy groups -OCH3 is 1. The number of carbonyl (C=O) groups is 1. The van der Waals surface area contributed by atoms with E-state index in [-0.39, 0.29) is 5.97 Å². The Morgan fingerprint density at radius 1 is 1.47 bits per heavy atom. The Balaban J connectivity index is 3.03. The predicted octanol–water partition coefficient (Wildman–Crippen LogP) is 1.88. The first kappa shape index (κ1) is 11.7. The zero-order chi connectivity index (χ0) is 11.3. The van der Waals surface area contributed by atoms with Crippen molar-refractivity contribution >= 4 is 5.97 Å². The maximum atomic E-state index is 11.4. The Kier molecular flexibility index (Phi) is 4.31. The Morgan fingerprint density at radius 2 is 2.20 bits per heavy atom. The number of ether oxygens (including phenoxy) is 1. The maximum absolute atomic E-state index is 11.4. The second kappa shape index (κ2) is 5.51. The van der Waals surface area contributed by atoms with E-state index in [0.717, 1.165) is 18.4 Å². The first-order valence-electron chi connectivity index (χ1n) is 5.13. The van der Waals surface area contributed by atoms with Gasteiger partial charge < -0.3 is 10.5 Å². The van der Waals surface area contributed by atoms with E-state index in [2.05, 4.69) is 11.7 Å². The van der Waals surface area contributed by atoms with Crippen LogP contribution in [-0.2, 0) is 17.7 Å². The van der Waals surface area contributed by atoms with Gasteiger partial charge in [0.25, 0.3) is 0 Å². The minimum absolute atomic E-state index is 0.321. The molecule has 15 heavy (non-hydrogen) atoms. The minimum atomic E-state index is -0.321. The van der Waals surface area contributed by atoms with Crippen LogP contribution in [-0.4, -0.2) is 13.1 Å². The summed E-state index contributed by atoms with van der Waals surface area (Å²) in [5, 5.41) is 0. The van der Waals surface area contributed by atoms with Gasteiger partial charge in [0, 0.05) is 6.54 Å². The van der Waals surface area contributed by atoms with Gasteiger partial charge in [0.2, 0.25) is 0 Å². The molecule has 0 aliphatic carbocycles. The van der Waals surface area contributed by atoms with Gasteiger partial charge in [-0.3, -0.25) is 0 Å². The molecule has 0 aromatic heterocycles. The maximum Gasteiger partial charge on any atom is 0.338 e. The summed E-state index contributed by atoms with van der Waals surface area (Å²) in [5.41, 5.74) is 8.24. The molecule has 0 atom stereocenters. The Bertz CT molecular complexity index is 347. The number of esters is 1. The quantitative estimate of drug-likeness (QED) is 0.767. The van der Waals surface area contributed by atoms with Crippen LogP contribution in [0, 0.1) is 0 Å². The van der Waals surface area contributed by atoms with Crippen LogP contribution in [0.15, 0.2) is 18.2 Å². The third-order valence-corrected chi connectivity index (χ3v) is 2.33. The van der Waals surface area contributed by atoms with Gasteiger partial charge in [-0.05, 0) is 23.6 Å². The number of carbonyl (C=O) groups excluding carboxylic acids is 1. The van der Waals surface area contributed by atoms with Crippen LogP contribution in [0.2, 0.25) is 0 Å². The minimum Gasteiger partial charge on any atom is -0.465 e. The second-order valence-corrected chi connectivity index (χ2v) is 3.44. The summed E-state index contributed by atoms with van der Waals surface area (Å²) in [6, 6.07) is 5.73. The fourth-order valence-corrected chi connectivity index (χ4v) is 1.57. The SMILES string of the molecule is CCCc1ccc(C(=O)OC)c(CN)c1. The van der Waals surface area contributed by atoms with Crippen LogP contribution in [0.5, 0.6) is 0 Å². The summed E-state index contributed by atoms with van der Waals surface area (Å²) in [5.74, 6) is -0.321. The molecule has 0 amide bonds. The van der Waals surface area contributed by atoms with Gasteiger partial charge in [-0.25, -0.2) is 4.79 Å². The zero-order valence-corrected chi connectivity index (χ0v) is 9.25. The summed E-state index contributed by atoms with van der Waals surface area (Å²) < 4.78 is 4.68. The average Bonchev–Trinajstić information content (AvgIpc) is 2.28. The zero-order valence-electron chi connectivity index (χ0n) is 9.25. The van der Waals surface area contributed by atoms with Gasteiger partial charge >= 0.3 is 5.97 Å². The monoisotopic (exact) mass is 207 g/mol. The van der Waals surface area contributed by atoms with Crippen molar-refractivity contribution in [1.82, 2.24) is 0 Å². The molecular formula is C12H17NO2. The highest BCUT2D eigenvalue weighted by molar-refractivity contribution is 5.91. The van der Waals surface area contributed by atoms with E-state index in [1.807, 2.05) is 12.1 Å². The summed E-state index contributed by atoms with van der Waals surface area (Å²) >= 11 is 0. The van der Waals surface area contributed by atoms with E-state index >= 15 is 0 Å². The molecule has 0 aliphatic heterocycles. The molecule has 1 aromatic rings. The molecule has 0 aliphatic rings. The number of benzene rings is 1. The van der Waals surface area contributed by atoms with Crippen LogP contribution >= 0.6 is 0 Å². The van der Waals surface area contributed by atoms with Crippen molar-refractivity contribution in [2.24, 2.45) is 5.73 Å². The van der Waals surface area contributed by atoms with Crippen LogP contribution in [0.25, 0.3) is 0 Å². The van der Waals surface area contributed by atoms with Crippen molar-refractivity contribution in [2.45, 2.75) is 26.3 Å². The number of hydrogen-bond acceptors (Lipinski definition) is 3. The lowest BCUT2D eigenvalue weighted by atomic mass is 10.0. The fraction of sp³-hybridized carbons (Fsp3) is 0.417. The predicted molar refractivity (Wildman–Crippen MR) is 59.7 cm³/mol. The molecule has 0 saturated heterocycles. The molecule has 82 valence electrons. The Hall–Kier alpha value is -1.35. The molecule has 2 N–H and O–H groups in total. The molecular weight excluding hydrogens is 190 g/mol. The first-order valence-corrected chi connectivity index (χ1v) is 5.13. The van der Waals surface area contributed by atoms with Crippen molar-refractivity contribution < 1.29 is 9.53 Å². The summed E-state index contributed by atoms with van der Waals surface area (Å²) in [4.78, 5) is 11.4. The lowest BCUT2D eigenvalue weighted by Crippen LogP contribution is -2.09. The van der Waals surface area contributed by atoms with E-state index in [9.17, 15) is 4.79 Å². The molecule has 0 radical (unpaired) electrons. The molecule has 0 spiro atoms. The van der Waals surface area contributed by atoms with Crippen LogP contribution < -0.4 is 5.73 Å². The van der Waals surface area contributed by atoms with Crippen LogP contribution in [0.4, 0.5) is 0 Å². The summed E-state index contributed by atoms with van der Waals surface area (Å²) in [6.45, 7) is 2.48. The van der Waals surface area contributed by atoms with Gasteiger partial charge in [-0.2, -0.15) is 0 Å². The normalized spacial score (nSPS) is 10.1. The summed E-state index contributed by atoms with van der Waals surface area (Å²) in [6.07, 6.45) is 2.09. The molecule has 0 bridgehead atoms. The number of rotatable bonds is 4. The lowest BCUT2D eigenvalue weighted by molar-refractivity contribution is 0.0599. The van der Waals surface area contributed by atoms with Gasteiger partial charge in [0.1, 0.15) is 0 Å². The van der Waals surface area contributed by atoms with Gasteiger partial charge in [-0.1, -0.05) is 25.5 Å². The molecule has 0 saturated carbocycles. The summed E-state index contributed by atoms with van der Waals surface area (Å²) in [7, 11) is 1.38. The molecule has 3 nitrogen and oxygen atoms in total. The Labute approximate surface area is 90.2 Å². The highest BCUT2D eigenvalue weighted by atomic mass is 16.5. The first-order chi connectivity index (χ1) is 7.22. The molecule has 0 heterocycles. The van der Waals surface area contributed by atoms with Crippen molar-refractivity contribution in [3.05, 3.63) is 34.9 Å². The van der Waals surface area contributed by atoms with Crippen LogP contribution in [0.3, 0.4) is 0 Å². The largest absolute Gasteiger partial charge is 0.465 e. The molecule has 1 rings (SSSR count). The second-order valence-electron chi connectivity index (χ2n) is 3.44. The van der Waals surface area contributed by atoms with Crippen molar-refractivity contribution in [2.75, 3.05) is 7.11 Å². The molecule has 0 unspecified atom stereocenters. The Morgan fingerprint density at radius 3 is 2.73 bits per heavy atom.